The lowest BCUT2D eigenvalue weighted by atomic mass is 9.91. The zero-order valence-electron chi connectivity index (χ0n) is 59.3. The molecule has 0 saturated carbocycles. The first-order valence-corrected chi connectivity index (χ1v) is 32.3. The van der Waals surface area contributed by atoms with Gasteiger partial charge in [0.05, 0.1) is 31.5 Å². The number of carbonyl (C=O) groups excluding carboxylic acids is 11. The Labute approximate surface area is 542 Å². The van der Waals surface area contributed by atoms with Gasteiger partial charge in [-0.15, -0.1) is 0 Å². The average molecular weight is 1290 g/mol. The maximum Gasteiger partial charge on any atom is 0.248 e. The Morgan fingerprint density at radius 2 is 0.934 bits per heavy atom. The van der Waals surface area contributed by atoms with Crippen LogP contribution in [0.3, 0.4) is 0 Å². The minimum absolute atomic E-state index is 0.0926. The normalized spacial score (nSPS) is 26.9. The van der Waals surface area contributed by atoms with Crippen LogP contribution in [-0.2, 0) is 57.5 Å². The van der Waals surface area contributed by atoms with Crippen LogP contribution in [0.1, 0.15) is 156 Å². The first-order valence-electron chi connectivity index (χ1n) is 32.3. The Morgan fingerprint density at radius 3 is 1.40 bits per heavy atom. The summed E-state index contributed by atoms with van der Waals surface area (Å²) < 4.78 is 5.68. The highest BCUT2D eigenvalue weighted by Crippen LogP contribution is 2.26. The van der Waals surface area contributed by atoms with E-state index in [2.05, 4.69) is 21.3 Å². The second-order valence-electron chi connectivity index (χ2n) is 27.5. The molecule has 0 unspecified atom stereocenters. The highest BCUT2D eigenvalue weighted by atomic mass is 16.5. The number of aliphatic hydroxyl groups excluding tert-OH is 2. The Morgan fingerprint density at radius 1 is 0.505 bits per heavy atom. The summed E-state index contributed by atoms with van der Waals surface area (Å²) >= 11 is 0. The van der Waals surface area contributed by atoms with E-state index >= 15 is 24.0 Å². The summed E-state index contributed by atoms with van der Waals surface area (Å²) in [6, 6.07) is -15.0. The van der Waals surface area contributed by atoms with Gasteiger partial charge in [0.1, 0.15) is 66.5 Å². The molecule has 11 amide bonds. The topological polar surface area (TPSA) is 328 Å². The second-order valence-corrected chi connectivity index (χ2v) is 27.5. The zero-order chi connectivity index (χ0) is 70.6. The summed E-state index contributed by atoms with van der Waals surface area (Å²) in [6.07, 6.45) is 2.07. The number of rotatable bonds is 19. The standard InChI is InChI=1S/C65H117N11O15/c1-25-27-28-41(13)53(78)52-57(82)68-44(26-2)59(84)74(22)49(35-91-30-29-77)62(87)73(21)48(34-65(16,17)90)56(81)69-50(39(9)10)63(88)70(18)45(31-36(3)4)55(80)66-42(14)54(79)67-43(15)58(83)71(19)46(32-37(5)6)60(85)72(20)47(33-38(7)8)61(86)75(23)51(40(11)12)64(89)76(52)24/h25,27,36-53,77-78,90H,26,28-35H2,1-24H3,(H,66,80)(H,67,79)(H,68,82)(H,69,81)/b27-25+/t41-,42+,43-,44+,45+,46+,47+,48+,49-,50+,51+,52+,53-/m1/s1. The molecular formula is C65H117N11O15. The summed E-state index contributed by atoms with van der Waals surface area (Å²) in [5, 5.41) is 44.1. The van der Waals surface area contributed by atoms with E-state index in [0.29, 0.717) is 0 Å². The van der Waals surface area contributed by atoms with E-state index in [1.807, 2.05) is 41.5 Å². The summed E-state index contributed by atoms with van der Waals surface area (Å²) in [5.74, 6) is -11.0. The SMILES string of the molecule is C/C=C/C[C@@H](C)[C@@H](O)[C@H]1C(=O)N[C@@H](CC)C(=O)N(C)[C@H](COCCO)C(=O)N(C)[C@@H](CC(C)(C)O)C(=O)N[C@@H](C(C)C)C(=O)N(C)[C@@H](CC(C)C)C(=O)N[C@@H](C)C(=O)N[C@H](C)C(=O)N(C)[C@@H](CC(C)C)C(=O)N(C)[C@@H](CC(C)C)C(=O)N(C)[C@@H](C(C)C)C(=O)N1C. The summed E-state index contributed by atoms with van der Waals surface area (Å²) in [5.41, 5.74) is -1.63. The molecule has 1 saturated heterocycles. The molecule has 91 heavy (non-hydrogen) atoms. The molecule has 0 spiro atoms. The van der Waals surface area contributed by atoms with Crippen LogP contribution < -0.4 is 21.3 Å². The van der Waals surface area contributed by atoms with Crippen molar-refractivity contribution in [1.29, 1.82) is 0 Å². The maximum absolute atomic E-state index is 15.3. The number of hydrogen-bond donors (Lipinski definition) is 7. The number of allylic oxidation sites excluding steroid dienone is 2. The Hall–Kier alpha value is -6.25. The fraction of sp³-hybridized carbons (Fsp3) is 0.800. The Kier molecular flexibility index (Phi) is 34.1. The number of nitrogens with one attached hydrogen (secondary N) is 4. The van der Waals surface area contributed by atoms with E-state index in [4.69, 9.17) is 4.74 Å². The fourth-order valence-electron chi connectivity index (χ4n) is 11.2. The molecule has 0 aromatic rings. The van der Waals surface area contributed by atoms with Gasteiger partial charge in [0, 0.05) is 55.8 Å². The van der Waals surface area contributed by atoms with Gasteiger partial charge in [-0.3, -0.25) is 52.7 Å². The van der Waals surface area contributed by atoms with Crippen LogP contribution in [0.4, 0.5) is 0 Å². The molecule has 1 rings (SSSR count). The van der Waals surface area contributed by atoms with Crippen molar-refractivity contribution in [2.45, 2.75) is 234 Å². The van der Waals surface area contributed by atoms with Gasteiger partial charge in [-0.05, 0) is 102 Å². The predicted molar refractivity (Wildman–Crippen MR) is 347 cm³/mol. The number of ether oxygens (including phenoxy) is 1. The van der Waals surface area contributed by atoms with Crippen molar-refractivity contribution in [3.63, 3.8) is 0 Å². The van der Waals surface area contributed by atoms with Crippen molar-refractivity contribution >= 4 is 65.0 Å². The van der Waals surface area contributed by atoms with Gasteiger partial charge in [-0.2, -0.15) is 0 Å². The lowest BCUT2D eigenvalue weighted by Crippen LogP contribution is -2.64. The highest BCUT2D eigenvalue weighted by Gasteiger charge is 2.47. The van der Waals surface area contributed by atoms with Crippen LogP contribution in [0.15, 0.2) is 12.2 Å². The highest BCUT2D eigenvalue weighted by molar-refractivity contribution is 6.00. The molecule has 0 bridgehead atoms. The van der Waals surface area contributed by atoms with E-state index in [1.165, 1.54) is 96.6 Å². The lowest BCUT2D eigenvalue weighted by molar-refractivity contribution is -0.157. The van der Waals surface area contributed by atoms with Gasteiger partial charge in [0.25, 0.3) is 0 Å². The number of aliphatic hydroxyl groups is 3. The molecule has 1 heterocycles. The van der Waals surface area contributed by atoms with Gasteiger partial charge in [-0.1, -0.05) is 95.2 Å². The summed E-state index contributed by atoms with van der Waals surface area (Å²) in [6.45, 7) is 27.2. The van der Waals surface area contributed by atoms with Crippen molar-refractivity contribution in [3.05, 3.63) is 12.2 Å². The molecule has 26 nitrogen and oxygen atoms in total. The van der Waals surface area contributed by atoms with E-state index < -0.39 is 181 Å². The van der Waals surface area contributed by atoms with Gasteiger partial charge < -0.3 is 75.6 Å². The maximum atomic E-state index is 15.3. The van der Waals surface area contributed by atoms with Crippen molar-refractivity contribution in [2.75, 3.05) is 69.2 Å². The molecule has 26 heteroatoms. The second kappa shape index (κ2) is 37.4. The van der Waals surface area contributed by atoms with Crippen LogP contribution in [-0.4, -0.2) is 262 Å². The van der Waals surface area contributed by atoms with Crippen molar-refractivity contribution in [2.24, 2.45) is 35.5 Å². The van der Waals surface area contributed by atoms with Gasteiger partial charge in [0.2, 0.25) is 65.0 Å². The molecule has 0 radical (unpaired) electrons. The third-order valence-corrected chi connectivity index (χ3v) is 16.9. The first kappa shape index (κ1) is 82.8. The summed E-state index contributed by atoms with van der Waals surface area (Å²) in [4.78, 5) is 171. The predicted octanol–water partition coefficient (Wildman–Crippen LogP) is 1.76. The number of amides is 11. The van der Waals surface area contributed by atoms with E-state index in [1.54, 1.807) is 60.6 Å². The molecule has 1 fully saturated rings. The third kappa shape index (κ3) is 23.7. The smallest absolute Gasteiger partial charge is 0.248 e. The molecule has 0 aromatic carbocycles. The molecular weight excluding hydrogens is 1170 g/mol. The Balaban J connectivity index is 4.53. The largest absolute Gasteiger partial charge is 0.394 e. The average Bonchev–Trinajstić information content (AvgIpc) is 0.830. The van der Waals surface area contributed by atoms with Crippen molar-refractivity contribution < 1.29 is 72.8 Å². The summed E-state index contributed by atoms with van der Waals surface area (Å²) in [7, 11) is 9.51. The Bertz CT molecular complexity index is 2490. The van der Waals surface area contributed by atoms with Gasteiger partial charge in [-0.25, -0.2) is 0 Å². The monoisotopic (exact) mass is 1290 g/mol. The molecule has 1 aliphatic rings. The molecule has 1 aliphatic heterocycles. The van der Waals surface area contributed by atoms with Gasteiger partial charge in [0.15, 0.2) is 0 Å². The molecule has 7 N–H and O–H groups in total. The van der Waals surface area contributed by atoms with E-state index in [0.717, 1.165) is 14.7 Å². The molecule has 0 aliphatic carbocycles. The number of hydrogen-bond acceptors (Lipinski definition) is 15. The van der Waals surface area contributed by atoms with Gasteiger partial charge >= 0.3 is 0 Å². The minimum Gasteiger partial charge on any atom is -0.394 e. The quantitative estimate of drug-likeness (QED) is 0.0716. The minimum atomic E-state index is -1.70. The molecule has 522 valence electrons. The van der Waals surface area contributed by atoms with Crippen LogP contribution in [0.2, 0.25) is 0 Å². The molecule has 0 aromatic heterocycles. The van der Waals surface area contributed by atoms with E-state index in [-0.39, 0.29) is 56.5 Å². The lowest BCUT2D eigenvalue weighted by Gasteiger charge is -2.41. The molecule has 13 atom stereocenters. The number of carbonyl (C=O) groups is 11. The van der Waals surface area contributed by atoms with Crippen LogP contribution in [0.5, 0.6) is 0 Å². The van der Waals surface area contributed by atoms with Crippen LogP contribution >= 0.6 is 0 Å². The van der Waals surface area contributed by atoms with E-state index in [9.17, 15) is 44.1 Å². The fourth-order valence-corrected chi connectivity index (χ4v) is 11.2. The number of likely N-dealkylation sites (N-methyl/N-ethyl adjacent to an activating group) is 7. The first-order chi connectivity index (χ1) is 42.0. The van der Waals surface area contributed by atoms with Crippen molar-refractivity contribution in [1.82, 2.24) is 55.6 Å². The van der Waals surface area contributed by atoms with Crippen LogP contribution in [0, 0.1) is 35.5 Å². The third-order valence-electron chi connectivity index (χ3n) is 16.9. The van der Waals surface area contributed by atoms with Crippen molar-refractivity contribution in [3.8, 4) is 0 Å². The number of nitrogens with zero attached hydrogens (tertiary/aromatic N) is 7. The zero-order valence-corrected chi connectivity index (χ0v) is 59.3. The van der Waals surface area contributed by atoms with Crippen LogP contribution in [0.25, 0.3) is 0 Å².